The second-order valence-electron chi connectivity index (χ2n) is 2.80. The Morgan fingerprint density at radius 1 is 1.47 bits per heavy atom. The SMILES string of the molecule is N#Cc1c(-c2cccc(F)c2)noc1Br. The van der Waals surface area contributed by atoms with E-state index in [0.29, 0.717) is 11.3 Å². The van der Waals surface area contributed by atoms with E-state index in [0.717, 1.165) is 0 Å². The van der Waals surface area contributed by atoms with Gasteiger partial charge in [0.15, 0.2) is 0 Å². The molecule has 3 nitrogen and oxygen atoms in total. The molecule has 15 heavy (non-hydrogen) atoms. The molecule has 2 aromatic rings. The fourth-order valence-corrected chi connectivity index (χ4v) is 1.55. The van der Waals surface area contributed by atoms with Gasteiger partial charge < -0.3 is 4.52 Å². The topological polar surface area (TPSA) is 49.8 Å². The van der Waals surface area contributed by atoms with E-state index in [4.69, 9.17) is 9.78 Å². The van der Waals surface area contributed by atoms with Crippen LogP contribution in [-0.2, 0) is 0 Å². The lowest BCUT2D eigenvalue weighted by atomic mass is 10.1. The van der Waals surface area contributed by atoms with Crippen molar-refractivity contribution in [2.75, 3.05) is 0 Å². The van der Waals surface area contributed by atoms with Crippen LogP contribution in [0.15, 0.2) is 33.5 Å². The van der Waals surface area contributed by atoms with Crippen molar-refractivity contribution >= 4 is 15.9 Å². The molecule has 1 heterocycles. The van der Waals surface area contributed by atoms with Gasteiger partial charge in [-0.2, -0.15) is 5.26 Å². The first-order chi connectivity index (χ1) is 7.22. The van der Waals surface area contributed by atoms with Crippen molar-refractivity contribution in [3.8, 4) is 17.3 Å². The van der Waals surface area contributed by atoms with Gasteiger partial charge >= 0.3 is 0 Å². The molecule has 0 aliphatic heterocycles. The molecule has 0 aliphatic carbocycles. The summed E-state index contributed by atoms with van der Waals surface area (Å²) in [4.78, 5) is 0. The first-order valence-corrected chi connectivity index (χ1v) is 4.83. The summed E-state index contributed by atoms with van der Waals surface area (Å²) in [7, 11) is 0. The molecule has 74 valence electrons. The average molecular weight is 267 g/mol. The highest BCUT2D eigenvalue weighted by Crippen LogP contribution is 2.28. The minimum Gasteiger partial charge on any atom is -0.347 e. The Labute approximate surface area is 93.2 Å². The van der Waals surface area contributed by atoms with E-state index in [9.17, 15) is 4.39 Å². The first-order valence-electron chi connectivity index (χ1n) is 4.03. The Balaban J connectivity index is 2.60. The molecule has 0 spiro atoms. The second-order valence-corrected chi connectivity index (χ2v) is 3.52. The maximum atomic E-state index is 12.9. The van der Waals surface area contributed by atoms with E-state index in [2.05, 4.69) is 21.1 Å². The van der Waals surface area contributed by atoms with Crippen molar-refractivity contribution in [1.29, 1.82) is 5.26 Å². The van der Waals surface area contributed by atoms with Crippen molar-refractivity contribution < 1.29 is 8.91 Å². The highest BCUT2D eigenvalue weighted by Gasteiger charge is 2.15. The summed E-state index contributed by atoms with van der Waals surface area (Å²) >= 11 is 3.05. The summed E-state index contributed by atoms with van der Waals surface area (Å²) in [5, 5.41) is 12.5. The third-order valence-corrected chi connectivity index (χ3v) is 2.40. The molecule has 0 aliphatic rings. The van der Waals surface area contributed by atoms with Crippen LogP contribution in [0.5, 0.6) is 0 Å². The summed E-state index contributed by atoms with van der Waals surface area (Å²) in [5.41, 5.74) is 1.12. The monoisotopic (exact) mass is 266 g/mol. The van der Waals surface area contributed by atoms with Gasteiger partial charge in [0, 0.05) is 5.56 Å². The molecule has 0 unspecified atom stereocenters. The van der Waals surface area contributed by atoms with Crippen molar-refractivity contribution in [2.45, 2.75) is 0 Å². The number of nitrogens with zero attached hydrogens (tertiary/aromatic N) is 2. The lowest BCUT2D eigenvalue weighted by Crippen LogP contribution is -1.83. The number of hydrogen-bond acceptors (Lipinski definition) is 3. The number of halogens is 2. The van der Waals surface area contributed by atoms with Crippen LogP contribution in [0, 0.1) is 17.1 Å². The summed E-state index contributed by atoms with van der Waals surface area (Å²) in [6.45, 7) is 0. The number of hydrogen-bond donors (Lipinski definition) is 0. The van der Waals surface area contributed by atoms with Crippen molar-refractivity contribution in [1.82, 2.24) is 5.16 Å². The minimum atomic E-state index is -0.379. The maximum absolute atomic E-state index is 12.9. The van der Waals surface area contributed by atoms with Crippen LogP contribution in [0.4, 0.5) is 4.39 Å². The van der Waals surface area contributed by atoms with E-state index >= 15 is 0 Å². The molecule has 0 bridgehead atoms. The number of aromatic nitrogens is 1. The third kappa shape index (κ3) is 1.76. The molecule has 0 saturated carbocycles. The van der Waals surface area contributed by atoms with Gasteiger partial charge in [0.2, 0.25) is 4.67 Å². The van der Waals surface area contributed by atoms with Crippen molar-refractivity contribution in [3.05, 3.63) is 40.3 Å². The maximum Gasteiger partial charge on any atom is 0.220 e. The smallest absolute Gasteiger partial charge is 0.220 e. The molecule has 2 rings (SSSR count). The zero-order chi connectivity index (χ0) is 10.8. The van der Waals surface area contributed by atoms with Gasteiger partial charge in [-0.05, 0) is 28.1 Å². The predicted octanol–water partition coefficient (Wildman–Crippen LogP) is 3.11. The molecule has 0 radical (unpaired) electrons. The Morgan fingerprint density at radius 3 is 2.93 bits per heavy atom. The number of benzene rings is 1. The molecule has 1 aromatic heterocycles. The summed E-state index contributed by atoms with van der Waals surface area (Å²) in [6.07, 6.45) is 0. The van der Waals surface area contributed by atoms with Crippen LogP contribution in [-0.4, -0.2) is 5.16 Å². The highest BCUT2D eigenvalue weighted by atomic mass is 79.9. The van der Waals surface area contributed by atoms with Crippen molar-refractivity contribution in [2.24, 2.45) is 0 Å². The lowest BCUT2D eigenvalue weighted by Gasteiger charge is -1.95. The van der Waals surface area contributed by atoms with Gasteiger partial charge in [-0.1, -0.05) is 17.3 Å². The molecule has 0 saturated heterocycles. The fourth-order valence-electron chi connectivity index (χ4n) is 1.20. The fraction of sp³-hybridized carbons (Fsp3) is 0. The molecular weight excluding hydrogens is 263 g/mol. The van der Waals surface area contributed by atoms with Crippen LogP contribution < -0.4 is 0 Å². The minimum absolute atomic E-state index is 0.254. The van der Waals surface area contributed by atoms with Crippen LogP contribution in [0.1, 0.15) is 5.56 Å². The zero-order valence-corrected chi connectivity index (χ0v) is 8.95. The Bertz CT molecular complexity index is 545. The standard InChI is InChI=1S/C10H4BrFN2O/c11-10-8(5-13)9(14-15-10)6-2-1-3-7(12)4-6/h1-4H. The largest absolute Gasteiger partial charge is 0.347 e. The van der Waals surface area contributed by atoms with E-state index < -0.39 is 0 Å². The van der Waals surface area contributed by atoms with E-state index in [-0.39, 0.29) is 16.1 Å². The Hall–Kier alpha value is -1.67. The van der Waals surface area contributed by atoms with Gasteiger partial charge in [0.1, 0.15) is 23.1 Å². The van der Waals surface area contributed by atoms with Gasteiger partial charge in [0.05, 0.1) is 0 Å². The van der Waals surface area contributed by atoms with Gasteiger partial charge in [-0.25, -0.2) is 4.39 Å². The van der Waals surface area contributed by atoms with E-state index in [1.54, 1.807) is 12.1 Å². The van der Waals surface area contributed by atoms with Gasteiger partial charge in [-0.3, -0.25) is 0 Å². The first kappa shape index (κ1) is 9.87. The highest BCUT2D eigenvalue weighted by molar-refractivity contribution is 9.10. The molecule has 0 amide bonds. The van der Waals surface area contributed by atoms with Crippen LogP contribution in [0.2, 0.25) is 0 Å². The molecule has 0 fully saturated rings. The van der Waals surface area contributed by atoms with E-state index in [1.165, 1.54) is 12.1 Å². The molecule has 0 atom stereocenters. The molecule has 1 aromatic carbocycles. The van der Waals surface area contributed by atoms with Crippen LogP contribution in [0.25, 0.3) is 11.3 Å². The predicted molar refractivity (Wildman–Crippen MR) is 54.3 cm³/mol. The van der Waals surface area contributed by atoms with E-state index in [1.807, 2.05) is 6.07 Å². The number of rotatable bonds is 1. The second kappa shape index (κ2) is 3.83. The summed E-state index contributed by atoms with van der Waals surface area (Å²) in [6, 6.07) is 7.77. The number of nitriles is 1. The van der Waals surface area contributed by atoms with Crippen LogP contribution >= 0.6 is 15.9 Å². The third-order valence-electron chi connectivity index (χ3n) is 1.86. The quantitative estimate of drug-likeness (QED) is 0.797. The molecule has 0 N–H and O–H groups in total. The average Bonchev–Trinajstić information content (AvgIpc) is 2.59. The summed E-state index contributed by atoms with van der Waals surface area (Å²) in [5.74, 6) is -0.379. The van der Waals surface area contributed by atoms with Gasteiger partial charge in [0.25, 0.3) is 0 Å². The summed E-state index contributed by atoms with van der Waals surface area (Å²) < 4.78 is 18.0. The lowest BCUT2D eigenvalue weighted by molar-refractivity contribution is 0.402. The Kier molecular flexibility index (Phi) is 2.52. The molecule has 5 heteroatoms. The molecular formula is C10H4BrFN2O. The van der Waals surface area contributed by atoms with Crippen molar-refractivity contribution in [3.63, 3.8) is 0 Å². The van der Waals surface area contributed by atoms with Gasteiger partial charge in [-0.15, -0.1) is 0 Å². The zero-order valence-electron chi connectivity index (χ0n) is 7.37. The van der Waals surface area contributed by atoms with Crippen LogP contribution in [0.3, 0.4) is 0 Å². The normalized spacial score (nSPS) is 9.93. The Morgan fingerprint density at radius 2 is 2.27 bits per heavy atom.